The minimum atomic E-state index is -0.505. The number of benzene rings is 1. The third kappa shape index (κ3) is 5.36. The van der Waals surface area contributed by atoms with Gasteiger partial charge in [0.15, 0.2) is 0 Å². The minimum absolute atomic E-state index is 0.104. The SMILES string of the molecule is COCCCN(CC(=O)Nc1ccccc1F)C(C)=O. The first-order valence-electron chi connectivity index (χ1n) is 6.33. The summed E-state index contributed by atoms with van der Waals surface area (Å²) in [5, 5.41) is 2.45. The Hall–Kier alpha value is -1.95. The van der Waals surface area contributed by atoms with Crippen LogP contribution in [0, 0.1) is 5.82 Å². The number of anilines is 1. The molecule has 0 spiro atoms. The molecule has 110 valence electrons. The van der Waals surface area contributed by atoms with Crippen LogP contribution in [-0.2, 0) is 14.3 Å². The van der Waals surface area contributed by atoms with Crippen LogP contribution in [0.1, 0.15) is 13.3 Å². The van der Waals surface area contributed by atoms with E-state index in [9.17, 15) is 14.0 Å². The van der Waals surface area contributed by atoms with Crippen LogP contribution in [0.4, 0.5) is 10.1 Å². The van der Waals surface area contributed by atoms with Gasteiger partial charge in [-0.2, -0.15) is 0 Å². The summed E-state index contributed by atoms with van der Waals surface area (Å²) in [5.74, 6) is -1.14. The monoisotopic (exact) mass is 282 g/mol. The Morgan fingerprint density at radius 2 is 2.05 bits per heavy atom. The van der Waals surface area contributed by atoms with Gasteiger partial charge in [0.1, 0.15) is 5.82 Å². The van der Waals surface area contributed by atoms with Crippen LogP contribution in [0.2, 0.25) is 0 Å². The summed E-state index contributed by atoms with van der Waals surface area (Å²) in [6.07, 6.45) is 0.642. The zero-order valence-corrected chi connectivity index (χ0v) is 11.7. The maximum atomic E-state index is 13.4. The molecule has 0 fully saturated rings. The Bertz CT molecular complexity index is 465. The zero-order chi connectivity index (χ0) is 15.0. The third-order valence-corrected chi connectivity index (χ3v) is 2.70. The van der Waals surface area contributed by atoms with Crippen molar-refractivity contribution in [2.24, 2.45) is 0 Å². The van der Waals surface area contributed by atoms with Crippen LogP contribution in [0.25, 0.3) is 0 Å². The normalized spacial score (nSPS) is 10.2. The van der Waals surface area contributed by atoms with Gasteiger partial charge in [-0.15, -0.1) is 0 Å². The topological polar surface area (TPSA) is 58.6 Å². The smallest absolute Gasteiger partial charge is 0.244 e. The summed E-state index contributed by atoms with van der Waals surface area (Å²) in [6.45, 7) is 2.23. The third-order valence-electron chi connectivity index (χ3n) is 2.70. The van der Waals surface area contributed by atoms with Gasteiger partial charge in [-0.3, -0.25) is 9.59 Å². The number of nitrogens with zero attached hydrogens (tertiary/aromatic N) is 1. The second-order valence-electron chi connectivity index (χ2n) is 4.31. The highest BCUT2D eigenvalue weighted by atomic mass is 19.1. The van der Waals surface area contributed by atoms with E-state index in [2.05, 4.69) is 5.32 Å². The number of hydrogen-bond acceptors (Lipinski definition) is 3. The van der Waals surface area contributed by atoms with E-state index in [1.54, 1.807) is 13.2 Å². The van der Waals surface area contributed by atoms with Gasteiger partial charge < -0.3 is 15.0 Å². The van der Waals surface area contributed by atoms with Crippen molar-refractivity contribution in [3.05, 3.63) is 30.1 Å². The quantitative estimate of drug-likeness (QED) is 0.774. The molecule has 0 aromatic heterocycles. The van der Waals surface area contributed by atoms with Gasteiger partial charge in [-0.1, -0.05) is 12.1 Å². The summed E-state index contributed by atoms with van der Waals surface area (Å²) >= 11 is 0. The second-order valence-corrected chi connectivity index (χ2v) is 4.31. The summed E-state index contributed by atoms with van der Waals surface area (Å²) in [4.78, 5) is 24.6. The molecule has 0 aliphatic heterocycles. The van der Waals surface area contributed by atoms with Crippen molar-refractivity contribution in [3.63, 3.8) is 0 Å². The fourth-order valence-electron chi connectivity index (χ4n) is 1.67. The molecule has 1 aromatic rings. The van der Waals surface area contributed by atoms with Crippen molar-refractivity contribution in [2.45, 2.75) is 13.3 Å². The molecule has 0 heterocycles. The molecule has 5 nitrogen and oxygen atoms in total. The second kappa shape index (κ2) is 8.27. The molecule has 0 saturated carbocycles. The highest BCUT2D eigenvalue weighted by molar-refractivity contribution is 5.94. The molecule has 6 heteroatoms. The lowest BCUT2D eigenvalue weighted by Gasteiger charge is -2.20. The van der Waals surface area contributed by atoms with Crippen LogP contribution < -0.4 is 5.32 Å². The van der Waals surface area contributed by atoms with E-state index in [4.69, 9.17) is 4.74 Å². The number of methoxy groups -OCH3 is 1. The lowest BCUT2D eigenvalue weighted by molar-refractivity contribution is -0.132. The molecule has 0 unspecified atom stereocenters. The molecule has 2 amide bonds. The van der Waals surface area contributed by atoms with Gasteiger partial charge in [0.2, 0.25) is 11.8 Å². The molecule has 0 saturated heterocycles. The lowest BCUT2D eigenvalue weighted by Crippen LogP contribution is -2.37. The fourth-order valence-corrected chi connectivity index (χ4v) is 1.67. The van der Waals surface area contributed by atoms with Crippen LogP contribution in [-0.4, -0.2) is 43.5 Å². The first kappa shape index (κ1) is 16.1. The Morgan fingerprint density at radius 3 is 2.65 bits per heavy atom. The molecule has 1 N–H and O–H groups in total. The number of nitrogens with one attached hydrogen (secondary N) is 1. The standard InChI is InChI=1S/C14H19FN2O3/c1-11(18)17(8-5-9-20-2)10-14(19)16-13-7-4-3-6-12(13)15/h3-4,6-7H,5,8-10H2,1-2H3,(H,16,19). The van der Waals surface area contributed by atoms with Crippen molar-refractivity contribution in [1.29, 1.82) is 0 Å². The number of ether oxygens (including phenoxy) is 1. The maximum Gasteiger partial charge on any atom is 0.244 e. The Morgan fingerprint density at radius 1 is 1.35 bits per heavy atom. The number of rotatable bonds is 7. The number of para-hydroxylation sites is 1. The van der Waals surface area contributed by atoms with E-state index in [1.165, 1.54) is 30.0 Å². The maximum absolute atomic E-state index is 13.4. The van der Waals surface area contributed by atoms with Gasteiger partial charge in [0, 0.05) is 27.2 Å². The Balaban J connectivity index is 2.54. The number of halogens is 1. The molecule has 0 aliphatic carbocycles. The van der Waals surface area contributed by atoms with Crippen LogP contribution in [0.15, 0.2) is 24.3 Å². The van der Waals surface area contributed by atoms with E-state index >= 15 is 0 Å². The lowest BCUT2D eigenvalue weighted by atomic mass is 10.3. The number of carbonyl (C=O) groups is 2. The summed E-state index contributed by atoms with van der Waals surface area (Å²) in [7, 11) is 1.57. The number of carbonyl (C=O) groups excluding carboxylic acids is 2. The summed E-state index contributed by atoms with van der Waals surface area (Å²) in [6, 6.07) is 5.89. The van der Waals surface area contributed by atoms with E-state index in [1.807, 2.05) is 0 Å². The van der Waals surface area contributed by atoms with Gasteiger partial charge >= 0.3 is 0 Å². The van der Waals surface area contributed by atoms with Crippen LogP contribution >= 0.6 is 0 Å². The van der Waals surface area contributed by atoms with Crippen molar-refractivity contribution in [1.82, 2.24) is 4.90 Å². The average molecular weight is 282 g/mol. The number of hydrogen-bond donors (Lipinski definition) is 1. The van der Waals surface area contributed by atoms with E-state index in [0.29, 0.717) is 19.6 Å². The minimum Gasteiger partial charge on any atom is -0.385 e. The average Bonchev–Trinajstić information content (AvgIpc) is 2.40. The molecule has 1 rings (SSSR count). The van der Waals surface area contributed by atoms with E-state index in [0.717, 1.165) is 0 Å². The Labute approximate surface area is 117 Å². The Kier molecular flexibility index (Phi) is 6.66. The van der Waals surface area contributed by atoms with Gasteiger partial charge in [-0.25, -0.2) is 4.39 Å². The molecule has 0 aliphatic rings. The highest BCUT2D eigenvalue weighted by Gasteiger charge is 2.14. The summed E-state index contributed by atoms with van der Waals surface area (Å²) < 4.78 is 18.3. The van der Waals surface area contributed by atoms with Gasteiger partial charge in [0.05, 0.1) is 12.2 Å². The molecule has 0 radical (unpaired) electrons. The van der Waals surface area contributed by atoms with Crippen molar-refractivity contribution in [2.75, 3.05) is 32.1 Å². The predicted octanol–water partition coefficient (Wildman–Crippen LogP) is 1.65. The van der Waals surface area contributed by atoms with Crippen LogP contribution in [0.5, 0.6) is 0 Å². The van der Waals surface area contributed by atoms with Gasteiger partial charge in [0.25, 0.3) is 0 Å². The van der Waals surface area contributed by atoms with Crippen molar-refractivity contribution >= 4 is 17.5 Å². The first-order chi connectivity index (χ1) is 9.54. The predicted molar refractivity (Wildman–Crippen MR) is 73.8 cm³/mol. The first-order valence-corrected chi connectivity index (χ1v) is 6.33. The molecule has 0 atom stereocenters. The molecule has 20 heavy (non-hydrogen) atoms. The molecule has 1 aromatic carbocycles. The van der Waals surface area contributed by atoms with E-state index < -0.39 is 11.7 Å². The summed E-state index contributed by atoms with van der Waals surface area (Å²) in [5.41, 5.74) is 0.109. The van der Waals surface area contributed by atoms with Crippen LogP contribution in [0.3, 0.4) is 0 Å². The highest BCUT2D eigenvalue weighted by Crippen LogP contribution is 2.12. The van der Waals surface area contributed by atoms with Crippen molar-refractivity contribution in [3.8, 4) is 0 Å². The zero-order valence-electron chi connectivity index (χ0n) is 11.7. The fraction of sp³-hybridized carbons (Fsp3) is 0.429. The number of amides is 2. The van der Waals surface area contributed by atoms with Gasteiger partial charge in [-0.05, 0) is 18.6 Å². The molecular formula is C14H19FN2O3. The van der Waals surface area contributed by atoms with E-state index in [-0.39, 0.29) is 18.1 Å². The molecular weight excluding hydrogens is 263 g/mol. The largest absolute Gasteiger partial charge is 0.385 e. The van der Waals surface area contributed by atoms with Crippen molar-refractivity contribution < 1.29 is 18.7 Å². The molecule has 0 bridgehead atoms.